The van der Waals surface area contributed by atoms with Crippen LogP contribution in [0.2, 0.25) is 0 Å². The average Bonchev–Trinajstić information content (AvgIpc) is 3.42. The molecule has 1 atom stereocenters. The number of hydrogen-bond donors (Lipinski definition) is 1. The van der Waals surface area contributed by atoms with Crippen LogP contribution in [0.1, 0.15) is 18.9 Å². The van der Waals surface area contributed by atoms with Crippen molar-refractivity contribution < 1.29 is 28.7 Å². The molecule has 0 bridgehead atoms. The first kappa shape index (κ1) is 24.0. The van der Waals surface area contributed by atoms with Crippen LogP contribution in [-0.2, 0) is 9.59 Å². The number of amides is 2. The van der Waals surface area contributed by atoms with Crippen LogP contribution in [0.3, 0.4) is 0 Å². The molecule has 2 aliphatic heterocycles. The minimum absolute atomic E-state index is 0.141. The maximum Gasteiger partial charge on any atom is 0.271 e. The highest BCUT2D eigenvalue weighted by Crippen LogP contribution is 2.34. The lowest BCUT2D eigenvalue weighted by Crippen LogP contribution is -2.30. The first-order valence-corrected chi connectivity index (χ1v) is 11.4. The lowest BCUT2D eigenvalue weighted by molar-refractivity contribution is -0.384. The van der Waals surface area contributed by atoms with Gasteiger partial charge in [-0.3, -0.25) is 24.7 Å². The molecule has 2 amide bonds. The van der Waals surface area contributed by atoms with Crippen LogP contribution in [0.25, 0.3) is 0 Å². The number of thioether (sulfide) groups is 1. The number of hydrazone groups is 1. The second kappa shape index (κ2) is 10.4. The number of nitrogens with zero attached hydrogens (tertiary/aromatic N) is 4. The van der Waals surface area contributed by atoms with Crippen LogP contribution in [0.15, 0.2) is 46.5 Å². The van der Waals surface area contributed by atoms with Crippen LogP contribution < -0.4 is 19.5 Å². The van der Waals surface area contributed by atoms with Crippen molar-refractivity contribution in [2.75, 3.05) is 25.8 Å². The molecule has 2 aliphatic rings. The Labute approximate surface area is 204 Å². The number of non-ortho nitro benzene ring substituents is 1. The number of nitrogens with one attached hydrogen (secondary N) is 1. The maximum atomic E-state index is 13.0. The van der Waals surface area contributed by atoms with Gasteiger partial charge < -0.3 is 19.5 Å². The fraction of sp³-hybridized carbons (Fsp3) is 0.273. The van der Waals surface area contributed by atoms with Gasteiger partial charge in [-0.1, -0.05) is 11.8 Å². The zero-order valence-electron chi connectivity index (χ0n) is 18.8. The van der Waals surface area contributed by atoms with Crippen molar-refractivity contribution in [2.45, 2.75) is 18.6 Å². The van der Waals surface area contributed by atoms with E-state index in [1.165, 1.54) is 36.5 Å². The number of ether oxygens (including phenoxy) is 3. The SMILES string of the molecule is CCN=C1S[C@@H](CC(=O)Nc2cc([N+](=O)[O-])ccc2OC)C(=O)N1/N=C\c1ccc2c(c1)OCO2. The van der Waals surface area contributed by atoms with Crippen LogP contribution in [0, 0.1) is 10.1 Å². The summed E-state index contributed by atoms with van der Waals surface area (Å²) in [7, 11) is 1.39. The number of benzene rings is 2. The van der Waals surface area contributed by atoms with Gasteiger partial charge in [-0.25, -0.2) is 0 Å². The van der Waals surface area contributed by atoms with Gasteiger partial charge in [0.2, 0.25) is 12.7 Å². The predicted octanol–water partition coefficient (Wildman–Crippen LogP) is 3.01. The van der Waals surface area contributed by atoms with Gasteiger partial charge in [0.1, 0.15) is 11.0 Å². The molecule has 0 spiro atoms. The molecule has 35 heavy (non-hydrogen) atoms. The predicted molar refractivity (Wildman–Crippen MR) is 129 cm³/mol. The molecule has 4 rings (SSSR count). The van der Waals surface area contributed by atoms with Crippen molar-refractivity contribution in [3.8, 4) is 17.2 Å². The molecular formula is C22H21N5O7S. The Bertz CT molecular complexity index is 1230. The zero-order chi connectivity index (χ0) is 24.9. The number of methoxy groups -OCH3 is 1. The van der Waals surface area contributed by atoms with E-state index in [1.807, 2.05) is 6.92 Å². The second-order valence-corrected chi connectivity index (χ2v) is 8.43. The third-order valence-corrected chi connectivity index (χ3v) is 6.13. The van der Waals surface area contributed by atoms with Gasteiger partial charge in [-0.05, 0) is 36.8 Å². The molecule has 2 aromatic carbocycles. The topological polar surface area (TPSA) is 145 Å². The van der Waals surface area contributed by atoms with E-state index in [1.54, 1.807) is 18.2 Å². The molecule has 13 heteroatoms. The molecule has 0 radical (unpaired) electrons. The molecule has 0 aromatic heterocycles. The van der Waals surface area contributed by atoms with E-state index in [0.717, 1.165) is 11.8 Å². The molecule has 1 saturated heterocycles. The molecule has 0 aliphatic carbocycles. The van der Waals surface area contributed by atoms with Gasteiger partial charge in [-0.15, -0.1) is 0 Å². The van der Waals surface area contributed by atoms with Gasteiger partial charge >= 0.3 is 0 Å². The molecule has 1 fully saturated rings. The summed E-state index contributed by atoms with van der Waals surface area (Å²) < 4.78 is 15.8. The fourth-order valence-corrected chi connectivity index (χ4v) is 4.46. The highest BCUT2D eigenvalue weighted by molar-refractivity contribution is 8.15. The summed E-state index contributed by atoms with van der Waals surface area (Å²) in [5.41, 5.74) is 0.637. The van der Waals surface area contributed by atoms with Gasteiger partial charge in [0.25, 0.3) is 11.6 Å². The summed E-state index contributed by atoms with van der Waals surface area (Å²) in [6.45, 7) is 2.40. The smallest absolute Gasteiger partial charge is 0.271 e. The molecule has 2 aromatic rings. The number of nitro benzene ring substituents is 1. The number of amidine groups is 1. The third-order valence-electron chi connectivity index (χ3n) is 4.96. The lowest BCUT2D eigenvalue weighted by atomic mass is 10.2. The van der Waals surface area contributed by atoms with Gasteiger partial charge in [0.05, 0.1) is 23.9 Å². The minimum Gasteiger partial charge on any atom is -0.495 e. The fourth-order valence-electron chi connectivity index (χ4n) is 3.33. The molecule has 0 unspecified atom stereocenters. The van der Waals surface area contributed by atoms with Crippen LogP contribution in [-0.4, -0.2) is 58.8 Å². The molecule has 0 saturated carbocycles. The summed E-state index contributed by atoms with van der Waals surface area (Å²) in [6.07, 6.45) is 1.32. The normalized spacial score (nSPS) is 17.9. The molecule has 182 valence electrons. The van der Waals surface area contributed by atoms with E-state index in [0.29, 0.717) is 28.8 Å². The number of rotatable bonds is 8. The summed E-state index contributed by atoms with van der Waals surface area (Å²) in [5, 5.41) is 18.7. The number of aliphatic imine (C=N–C) groups is 1. The minimum atomic E-state index is -0.765. The molecule has 2 heterocycles. The lowest BCUT2D eigenvalue weighted by Gasteiger charge is -2.11. The average molecular weight is 500 g/mol. The van der Waals surface area contributed by atoms with Crippen molar-refractivity contribution in [1.29, 1.82) is 0 Å². The summed E-state index contributed by atoms with van der Waals surface area (Å²) in [6, 6.07) is 9.13. The van der Waals surface area contributed by atoms with Gasteiger partial charge in [0, 0.05) is 25.1 Å². The Balaban J connectivity index is 1.47. The van der Waals surface area contributed by atoms with Gasteiger partial charge in [-0.2, -0.15) is 10.1 Å². The zero-order valence-corrected chi connectivity index (χ0v) is 19.6. The second-order valence-electron chi connectivity index (χ2n) is 7.26. The first-order chi connectivity index (χ1) is 16.9. The van der Waals surface area contributed by atoms with E-state index in [-0.39, 0.29) is 30.3 Å². The number of fused-ring (bicyclic) bond motifs is 1. The maximum absolute atomic E-state index is 13.0. The molecule has 1 N–H and O–H groups in total. The Morgan fingerprint density at radius 2 is 2.11 bits per heavy atom. The Morgan fingerprint density at radius 1 is 1.31 bits per heavy atom. The number of carbonyl (C=O) groups excluding carboxylic acids is 2. The Hall–Kier alpha value is -4.13. The third kappa shape index (κ3) is 5.35. The quantitative estimate of drug-likeness (QED) is 0.331. The van der Waals surface area contributed by atoms with Crippen molar-refractivity contribution >= 4 is 46.3 Å². The van der Waals surface area contributed by atoms with Crippen molar-refractivity contribution in [3.05, 3.63) is 52.1 Å². The number of anilines is 1. The van der Waals surface area contributed by atoms with E-state index < -0.39 is 22.0 Å². The molecular weight excluding hydrogens is 478 g/mol. The van der Waals surface area contributed by atoms with Gasteiger partial charge in [0.15, 0.2) is 16.7 Å². The number of carbonyl (C=O) groups is 2. The highest BCUT2D eigenvalue weighted by Gasteiger charge is 2.39. The summed E-state index contributed by atoms with van der Waals surface area (Å²) in [4.78, 5) is 40.5. The number of hydrogen-bond acceptors (Lipinski definition) is 10. The van der Waals surface area contributed by atoms with Crippen molar-refractivity contribution in [1.82, 2.24) is 5.01 Å². The van der Waals surface area contributed by atoms with Crippen molar-refractivity contribution in [3.63, 3.8) is 0 Å². The van der Waals surface area contributed by atoms with E-state index in [9.17, 15) is 19.7 Å². The van der Waals surface area contributed by atoms with Crippen LogP contribution in [0.4, 0.5) is 11.4 Å². The highest BCUT2D eigenvalue weighted by atomic mass is 32.2. The number of nitro groups is 1. The largest absolute Gasteiger partial charge is 0.495 e. The standard InChI is InChI=1S/C22H21N5O7S/c1-3-23-22-26(24-11-13-4-6-17-18(8-13)34-12-33-17)21(29)19(35-22)10-20(28)25-15-9-14(27(30)31)5-7-16(15)32-2/h4-9,11,19H,3,10,12H2,1-2H3,(H,25,28)/b23-22?,24-11-/t19-/m0/s1. The van der Waals surface area contributed by atoms with E-state index >= 15 is 0 Å². The van der Waals surface area contributed by atoms with E-state index in [2.05, 4.69) is 15.4 Å². The van der Waals surface area contributed by atoms with E-state index in [4.69, 9.17) is 14.2 Å². The molecule has 12 nitrogen and oxygen atoms in total. The summed E-state index contributed by atoms with van der Waals surface area (Å²) in [5.74, 6) is 0.573. The first-order valence-electron chi connectivity index (χ1n) is 10.5. The Morgan fingerprint density at radius 3 is 2.86 bits per heavy atom. The van der Waals surface area contributed by atoms with Crippen LogP contribution in [0.5, 0.6) is 17.2 Å². The Kier molecular flexibility index (Phi) is 7.15. The van der Waals surface area contributed by atoms with Crippen molar-refractivity contribution in [2.24, 2.45) is 10.1 Å². The monoisotopic (exact) mass is 499 g/mol. The summed E-state index contributed by atoms with van der Waals surface area (Å²) >= 11 is 1.13. The van der Waals surface area contributed by atoms with Crippen LogP contribution >= 0.6 is 11.8 Å².